The van der Waals surface area contributed by atoms with Gasteiger partial charge in [0, 0.05) is 11.1 Å². The van der Waals surface area contributed by atoms with Crippen molar-refractivity contribution in [2.45, 2.75) is 43.0 Å². The highest BCUT2D eigenvalue weighted by Crippen LogP contribution is 2.41. The Labute approximate surface area is 210 Å². The summed E-state index contributed by atoms with van der Waals surface area (Å²) < 4.78 is 118. The van der Waals surface area contributed by atoms with E-state index in [1.807, 2.05) is 0 Å². The molecule has 1 saturated carbocycles. The van der Waals surface area contributed by atoms with Crippen molar-refractivity contribution in [2.75, 3.05) is 0 Å². The van der Waals surface area contributed by atoms with Crippen LogP contribution in [0.1, 0.15) is 31.4 Å². The number of amides is 2. The van der Waals surface area contributed by atoms with Crippen LogP contribution in [0, 0.1) is 5.82 Å². The summed E-state index contributed by atoms with van der Waals surface area (Å²) in [5, 5.41) is 3.43. The van der Waals surface area contributed by atoms with Crippen LogP contribution >= 0.6 is 11.6 Å². The van der Waals surface area contributed by atoms with Crippen LogP contribution < -0.4 is 14.8 Å². The SMILES string of the molecule is CC(NC(=O)C1(NC(=O)C(F)(F)F)CC1)c1ccc(-c2cccc(Cl)c2OS(=O)(=O)C(F)(F)F)cc1F. The quantitative estimate of drug-likeness (QED) is 0.281. The number of nitrogens with one attached hydrogen (secondary N) is 2. The van der Waals surface area contributed by atoms with E-state index in [2.05, 4.69) is 9.50 Å². The summed E-state index contributed by atoms with van der Waals surface area (Å²) in [6.07, 6.45) is -5.33. The van der Waals surface area contributed by atoms with Crippen molar-refractivity contribution in [1.82, 2.24) is 10.6 Å². The second-order valence-corrected chi connectivity index (χ2v) is 10.0. The number of rotatable bonds is 7. The maximum atomic E-state index is 14.9. The fourth-order valence-corrected chi connectivity index (χ4v) is 4.01. The third kappa shape index (κ3) is 6.09. The fraction of sp³-hybridized carbons (Fsp3) is 0.333. The molecule has 0 saturated heterocycles. The smallest absolute Gasteiger partial charge is 0.374 e. The summed E-state index contributed by atoms with van der Waals surface area (Å²) in [5.41, 5.74) is -8.14. The number of alkyl halides is 6. The Kier molecular flexibility index (Phi) is 7.45. The van der Waals surface area contributed by atoms with Crippen LogP contribution in [-0.4, -0.2) is 37.5 Å². The maximum absolute atomic E-state index is 14.9. The molecule has 2 N–H and O–H groups in total. The molecule has 0 aliphatic heterocycles. The minimum Gasteiger partial charge on any atom is -0.374 e. The van der Waals surface area contributed by atoms with Gasteiger partial charge in [-0.05, 0) is 37.5 Å². The molecule has 37 heavy (non-hydrogen) atoms. The average Bonchev–Trinajstić information content (AvgIpc) is 3.54. The van der Waals surface area contributed by atoms with Crippen molar-refractivity contribution in [3.8, 4) is 16.9 Å². The van der Waals surface area contributed by atoms with E-state index in [1.54, 1.807) is 5.32 Å². The molecule has 0 radical (unpaired) electrons. The molecule has 1 atom stereocenters. The molecule has 0 aromatic heterocycles. The second-order valence-electron chi connectivity index (χ2n) is 8.07. The first-order valence-corrected chi connectivity index (χ1v) is 12.0. The molecule has 2 amide bonds. The number of carbonyl (C=O) groups is 2. The topological polar surface area (TPSA) is 102 Å². The Morgan fingerprint density at radius 3 is 2.22 bits per heavy atom. The molecule has 202 valence electrons. The predicted molar refractivity (Wildman–Crippen MR) is 115 cm³/mol. The predicted octanol–water partition coefficient (Wildman–Crippen LogP) is 4.76. The minimum absolute atomic E-state index is 0.0623. The summed E-state index contributed by atoms with van der Waals surface area (Å²) in [4.78, 5) is 23.7. The average molecular weight is 577 g/mol. The zero-order valence-electron chi connectivity index (χ0n) is 18.4. The Morgan fingerprint density at radius 2 is 1.70 bits per heavy atom. The van der Waals surface area contributed by atoms with Crippen molar-refractivity contribution in [1.29, 1.82) is 0 Å². The van der Waals surface area contributed by atoms with Gasteiger partial charge in [-0.15, -0.1) is 0 Å². The van der Waals surface area contributed by atoms with Crippen LogP contribution in [0.25, 0.3) is 11.1 Å². The third-order valence-electron chi connectivity index (χ3n) is 5.36. The van der Waals surface area contributed by atoms with Gasteiger partial charge in [-0.25, -0.2) is 4.39 Å². The molecule has 1 aliphatic rings. The number of halogens is 8. The van der Waals surface area contributed by atoms with Gasteiger partial charge < -0.3 is 14.8 Å². The van der Waals surface area contributed by atoms with E-state index in [0.717, 1.165) is 24.3 Å². The summed E-state index contributed by atoms with van der Waals surface area (Å²) in [6, 6.07) is 5.44. The lowest BCUT2D eigenvalue weighted by Gasteiger charge is -2.22. The zero-order valence-corrected chi connectivity index (χ0v) is 20.0. The first-order chi connectivity index (χ1) is 16.9. The molecule has 0 bridgehead atoms. The van der Waals surface area contributed by atoms with Crippen molar-refractivity contribution in [3.63, 3.8) is 0 Å². The first-order valence-electron chi connectivity index (χ1n) is 10.2. The number of carbonyl (C=O) groups excluding carboxylic acids is 2. The number of para-hydroxylation sites is 1. The Balaban J connectivity index is 1.84. The van der Waals surface area contributed by atoms with E-state index in [9.17, 15) is 48.7 Å². The van der Waals surface area contributed by atoms with Crippen LogP contribution in [0.15, 0.2) is 36.4 Å². The van der Waals surface area contributed by atoms with Gasteiger partial charge in [0.1, 0.15) is 11.4 Å². The highest BCUT2D eigenvalue weighted by molar-refractivity contribution is 7.88. The standard InChI is InChI=1S/C21H16ClF7N2O5S/c1-10(30-17(32)19(7-8-19)31-18(33)20(24,25)26)12-6-5-11(9-15(12)23)13-3-2-4-14(22)16(13)36-37(34,35)21(27,28)29/h2-6,9-10H,7-8H2,1H3,(H,30,32)(H,31,33). The lowest BCUT2D eigenvalue weighted by atomic mass is 9.99. The van der Waals surface area contributed by atoms with Crippen molar-refractivity contribution in [2.24, 2.45) is 0 Å². The van der Waals surface area contributed by atoms with Crippen LogP contribution in [0.3, 0.4) is 0 Å². The van der Waals surface area contributed by atoms with E-state index in [1.165, 1.54) is 19.1 Å². The van der Waals surface area contributed by atoms with Crippen LogP contribution in [0.5, 0.6) is 5.75 Å². The fourth-order valence-electron chi connectivity index (χ4n) is 3.26. The largest absolute Gasteiger partial charge is 0.534 e. The maximum Gasteiger partial charge on any atom is 0.534 e. The number of hydrogen-bond acceptors (Lipinski definition) is 5. The van der Waals surface area contributed by atoms with Gasteiger partial charge in [0.2, 0.25) is 5.91 Å². The Morgan fingerprint density at radius 1 is 1.08 bits per heavy atom. The molecule has 1 aliphatic carbocycles. The third-order valence-corrected chi connectivity index (χ3v) is 6.61. The summed E-state index contributed by atoms with van der Waals surface area (Å²) in [6.45, 7) is 1.31. The summed E-state index contributed by atoms with van der Waals surface area (Å²) >= 11 is 5.83. The highest BCUT2D eigenvalue weighted by atomic mass is 35.5. The number of hydrogen-bond donors (Lipinski definition) is 2. The van der Waals surface area contributed by atoms with Gasteiger partial charge in [0.25, 0.3) is 0 Å². The van der Waals surface area contributed by atoms with Crippen molar-refractivity contribution >= 4 is 33.5 Å². The molecule has 0 heterocycles. The Bertz CT molecular complexity index is 1340. The lowest BCUT2D eigenvalue weighted by Crippen LogP contribution is -2.53. The van der Waals surface area contributed by atoms with E-state index in [-0.39, 0.29) is 29.5 Å². The van der Waals surface area contributed by atoms with E-state index >= 15 is 0 Å². The summed E-state index contributed by atoms with van der Waals surface area (Å²) in [7, 11) is -6.10. The molecule has 3 rings (SSSR count). The molecule has 1 fully saturated rings. The highest BCUT2D eigenvalue weighted by Gasteiger charge is 2.55. The number of benzene rings is 2. The van der Waals surface area contributed by atoms with Gasteiger partial charge in [-0.2, -0.15) is 34.8 Å². The van der Waals surface area contributed by atoms with E-state index < -0.39 is 61.8 Å². The van der Waals surface area contributed by atoms with Gasteiger partial charge in [-0.1, -0.05) is 35.9 Å². The molecular weight excluding hydrogens is 561 g/mol. The first kappa shape index (κ1) is 28.5. The van der Waals surface area contributed by atoms with E-state index in [4.69, 9.17) is 11.6 Å². The molecular formula is C21H16ClF7N2O5S. The lowest BCUT2D eigenvalue weighted by molar-refractivity contribution is -0.175. The van der Waals surface area contributed by atoms with Gasteiger partial charge >= 0.3 is 27.7 Å². The monoisotopic (exact) mass is 576 g/mol. The molecule has 0 spiro atoms. The Hall–Kier alpha value is -3.07. The second kappa shape index (κ2) is 9.67. The molecule has 16 heteroatoms. The van der Waals surface area contributed by atoms with Gasteiger partial charge in [-0.3, -0.25) is 9.59 Å². The minimum atomic E-state index is -6.10. The van der Waals surface area contributed by atoms with Crippen LogP contribution in [0.2, 0.25) is 5.02 Å². The van der Waals surface area contributed by atoms with Crippen LogP contribution in [0.4, 0.5) is 30.7 Å². The van der Waals surface area contributed by atoms with Gasteiger partial charge in [0.15, 0.2) is 5.75 Å². The molecule has 2 aromatic rings. The van der Waals surface area contributed by atoms with Gasteiger partial charge in [0.05, 0.1) is 11.1 Å². The zero-order chi connectivity index (χ0) is 28.0. The molecule has 1 unspecified atom stereocenters. The molecule has 7 nitrogen and oxygen atoms in total. The van der Waals surface area contributed by atoms with Crippen molar-refractivity contribution in [3.05, 3.63) is 52.8 Å². The van der Waals surface area contributed by atoms with Crippen molar-refractivity contribution < 1.29 is 52.9 Å². The molecule has 2 aromatic carbocycles. The van der Waals surface area contributed by atoms with Crippen LogP contribution in [-0.2, 0) is 19.7 Å². The summed E-state index contributed by atoms with van der Waals surface area (Å²) in [5.74, 6) is -5.16. The normalized spacial score (nSPS) is 16.0. The van der Waals surface area contributed by atoms with E-state index in [0.29, 0.717) is 0 Å².